The third-order valence-electron chi connectivity index (χ3n) is 7.01. The summed E-state index contributed by atoms with van der Waals surface area (Å²) in [6, 6.07) is 16.6. The van der Waals surface area contributed by atoms with E-state index in [-0.39, 0.29) is 30.8 Å². The maximum Gasteiger partial charge on any atom is 0.243 e. The summed E-state index contributed by atoms with van der Waals surface area (Å²) in [5, 5.41) is 3.19. The van der Waals surface area contributed by atoms with Crippen LogP contribution < -0.4 is 9.62 Å². The van der Waals surface area contributed by atoms with E-state index in [1.165, 1.54) is 17.0 Å². The van der Waals surface area contributed by atoms with Gasteiger partial charge in [-0.2, -0.15) is 0 Å². The van der Waals surface area contributed by atoms with Crippen molar-refractivity contribution in [3.05, 3.63) is 65.7 Å². The molecule has 0 heterocycles. The van der Waals surface area contributed by atoms with Crippen molar-refractivity contribution >= 4 is 27.5 Å². The van der Waals surface area contributed by atoms with Gasteiger partial charge in [-0.05, 0) is 50.3 Å². The van der Waals surface area contributed by atoms with Crippen molar-refractivity contribution in [1.29, 1.82) is 0 Å². The van der Waals surface area contributed by atoms with E-state index in [1.54, 1.807) is 17.0 Å². The van der Waals surface area contributed by atoms with Crippen LogP contribution in [0.4, 0.5) is 5.69 Å². The Labute approximate surface area is 222 Å². The molecule has 202 valence electrons. The first-order valence-electron chi connectivity index (χ1n) is 13.4. The average Bonchev–Trinajstić information content (AvgIpc) is 2.87. The number of benzene rings is 2. The summed E-state index contributed by atoms with van der Waals surface area (Å²) in [5.74, 6) is -0.247. The molecule has 1 saturated carbocycles. The van der Waals surface area contributed by atoms with Gasteiger partial charge in [0.05, 0.1) is 11.9 Å². The van der Waals surface area contributed by atoms with Crippen molar-refractivity contribution in [2.45, 2.75) is 83.8 Å². The maximum absolute atomic E-state index is 13.5. The fourth-order valence-electron chi connectivity index (χ4n) is 4.96. The minimum atomic E-state index is -3.50. The Morgan fingerprint density at radius 2 is 1.65 bits per heavy atom. The topological polar surface area (TPSA) is 86.8 Å². The molecule has 0 radical (unpaired) electrons. The van der Waals surface area contributed by atoms with Crippen molar-refractivity contribution in [2.24, 2.45) is 0 Å². The number of aryl methyl sites for hydroxylation is 1. The summed E-state index contributed by atoms with van der Waals surface area (Å²) < 4.78 is 26.3. The molecule has 1 fully saturated rings. The van der Waals surface area contributed by atoms with E-state index < -0.39 is 16.1 Å². The third kappa shape index (κ3) is 8.59. The highest BCUT2D eigenvalue weighted by atomic mass is 32.2. The molecule has 0 unspecified atom stereocenters. The van der Waals surface area contributed by atoms with Gasteiger partial charge in [0.15, 0.2) is 0 Å². The number of carbonyl (C=O) groups excluding carboxylic acids is 2. The smallest absolute Gasteiger partial charge is 0.243 e. The predicted molar refractivity (Wildman–Crippen MR) is 149 cm³/mol. The molecule has 2 amide bonds. The normalized spacial score (nSPS) is 15.1. The summed E-state index contributed by atoms with van der Waals surface area (Å²) in [5.41, 5.74) is 2.58. The molecular formula is C29H41N3O4S. The van der Waals surface area contributed by atoms with Gasteiger partial charge in [0, 0.05) is 25.6 Å². The SMILES string of the molecule is CC[C@@H](C(=O)NC1CCCCC1)N(Cc1ccccc1)C(=O)CCCN(c1ccc(C)cc1)S(C)(=O)=O. The zero-order chi connectivity index (χ0) is 26.8. The highest BCUT2D eigenvalue weighted by molar-refractivity contribution is 7.92. The van der Waals surface area contributed by atoms with Gasteiger partial charge in [-0.1, -0.05) is 74.2 Å². The molecule has 7 nitrogen and oxygen atoms in total. The molecule has 0 aromatic heterocycles. The first-order valence-corrected chi connectivity index (χ1v) is 15.2. The third-order valence-corrected chi connectivity index (χ3v) is 8.20. The highest BCUT2D eigenvalue weighted by Crippen LogP contribution is 2.21. The molecule has 0 spiro atoms. The van der Waals surface area contributed by atoms with E-state index >= 15 is 0 Å². The molecule has 0 saturated heterocycles. The Morgan fingerprint density at radius 1 is 1.00 bits per heavy atom. The number of amides is 2. The molecular weight excluding hydrogens is 486 g/mol. The Kier molecular flexibility index (Phi) is 10.6. The molecule has 0 bridgehead atoms. The van der Waals surface area contributed by atoms with E-state index in [1.807, 2.05) is 56.3 Å². The zero-order valence-electron chi connectivity index (χ0n) is 22.4. The second-order valence-electron chi connectivity index (χ2n) is 10.0. The van der Waals surface area contributed by atoms with Crippen molar-refractivity contribution in [2.75, 3.05) is 17.1 Å². The molecule has 2 aromatic rings. The van der Waals surface area contributed by atoms with Gasteiger partial charge in [0.1, 0.15) is 6.04 Å². The van der Waals surface area contributed by atoms with Crippen molar-refractivity contribution in [3.8, 4) is 0 Å². The summed E-state index contributed by atoms with van der Waals surface area (Å²) in [4.78, 5) is 28.5. The van der Waals surface area contributed by atoms with Crippen LogP contribution in [0.3, 0.4) is 0 Å². The van der Waals surface area contributed by atoms with Crippen LogP contribution in [0, 0.1) is 6.92 Å². The number of nitrogens with one attached hydrogen (secondary N) is 1. The summed E-state index contributed by atoms with van der Waals surface area (Å²) in [7, 11) is -3.50. The number of rotatable bonds is 12. The van der Waals surface area contributed by atoms with Gasteiger partial charge in [-0.15, -0.1) is 0 Å². The van der Waals surface area contributed by atoms with Crippen molar-refractivity contribution in [3.63, 3.8) is 0 Å². The average molecular weight is 528 g/mol. The number of anilines is 1. The lowest BCUT2D eigenvalue weighted by Gasteiger charge is -2.33. The Hall–Kier alpha value is -2.87. The van der Waals surface area contributed by atoms with Gasteiger partial charge in [0.2, 0.25) is 21.8 Å². The van der Waals surface area contributed by atoms with Crippen LogP contribution in [0.15, 0.2) is 54.6 Å². The first kappa shape index (κ1) is 28.7. The lowest BCUT2D eigenvalue weighted by molar-refractivity contribution is -0.141. The summed E-state index contributed by atoms with van der Waals surface area (Å²) in [6.45, 7) is 4.41. The molecule has 1 aliphatic rings. The van der Waals surface area contributed by atoms with Crippen LogP contribution in [-0.2, 0) is 26.2 Å². The van der Waals surface area contributed by atoms with Crippen LogP contribution in [-0.4, -0.2) is 50.0 Å². The molecule has 3 rings (SSSR count). The zero-order valence-corrected chi connectivity index (χ0v) is 23.2. The van der Waals surface area contributed by atoms with E-state index in [0.29, 0.717) is 25.1 Å². The van der Waals surface area contributed by atoms with Gasteiger partial charge in [0.25, 0.3) is 0 Å². The molecule has 2 aromatic carbocycles. The van der Waals surface area contributed by atoms with E-state index in [2.05, 4.69) is 5.32 Å². The second kappa shape index (κ2) is 13.6. The van der Waals surface area contributed by atoms with Gasteiger partial charge >= 0.3 is 0 Å². The fraction of sp³-hybridized carbons (Fsp3) is 0.517. The predicted octanol–water partition coefficient (Wildman–Crippen LogP) is 4.80. The van der Waals surface area contributed by atoms with Crippen molar-refractivity contribution < 1.29 is 18.0 Å². The Bertz CT molecular complexity index is 1110. The van der Waals surface area contributed by atoms with Gasteiger partial charge < -0.3 is 10.2 Å². The Balaban J connectivity index is 1.72. The van der Waals surface area contributed by atoms with Gasteiger partial charge in [-0.3, -0.25) is 13.9 Å². The molecule has 1 N–H and O–H groups in total. The van der Waals surface area contributed by atoms with Crippen LogP contribution in [0.25, 0.3) is 0 Å². The minimum absolute atomic E-state index is 0.101. The number of carbonyl (C=O) groups is 2. The molecule has 1 aliphatic carbocycles. The van der Waals surface area contributed by atoms with E-state index in [0.717, 1.165) is 36.8 Å². The monoisotopic (exact) mass is 527 g/mol. The van der Waals surface area contributed by atoms with Crippen LogP contribution in [0.5, 0.6) is 0 Å². The number of hydrogen-bond donors (Lipinski definition) is 1. The number of hydrogen-bond acceptors (Lipinski definition) is 4. The summed E-state index contributed by atoms with van der Waals surface area (Å²) in [6.07, 6.45) is 7.59. The standard InChI is InChI=1S/C29H41N3O4S/c1-4-27(29(34)30-25-14-9-6-10-15-25)31(22-24-12-7-5-8-13-24)28(33)16-11-21-32(37(3,35)36)26-19-17-23(2)18-20-26/h5,7-8,12-13,17-20,25,27H,4,6,9-11,14-16,21-22H2,1-3H3,(H,30,34)/t27-/m0/s1. The number of sulfonamides is 1. The maximum atomic E-state index is 13.5. The minimum Gasteiger partial charge on any atom is -0.352 e. The highest BCUT2D eigenvalue weighted by Gasteiger charge is 2.30. The molecule has 8 heteroatoms. The largest absolute Gasteiger partial charge is 0.352 e. The lowest BCUT2D eigenvalue weighted by atomic mass is 9.95. The van der Waals surface area contributed by atoms with Crippen LogP contribution >= 0.6 is 0 Å². The first-order chi connectivity index (χ1) is 17.7. The quantitative estimate of drug-likeness (QED) is 0.430. The lowest BCUT2D eigenvalue weighted by Crippen LogP contribution is -2.51. The summed E-state index contributed by atoms with van der Waals surface area (Å²) >= 11 is 0. The van der Waals surface area contributed by atoms with Crippen molar-refractivity contribution in [1.82, 2.24) is 10.2 Å². The van der Waals surface area contributed by atoms with Crippen LogP contribution in [0.2, 0.25) is 0 Å². The molecule has 0 aliphatic heterocycles. The molecule has 37 heavy (non-hydrogen) atoms. The van der Waals surface area contributed by atoms with E-state index in [4.69, 9.17) is 0 Å². The molecule has 1 atom stereocenters. The van der Waals surface area contributed by atoms with E-state index in [9.17, 15) is 18.0 Å². The van der Waals surface area contributed by atoms with Gasteiger partial charge in [-0.25, -0.2) is 8.42 Å². The van der Waals surface area contributed by atoms with Crippen LogP contribution in [0.1, 0.15) is 69.4 Å². The number of nitrogens with zero attached hydrogens (tertiary/aromatic N) is 2. The second-order valence-corrected chi connectivity index (χ2v) is 12.0. The Morgan fingerprint density at radius 3 is 2.24 bits per heavy atom. The fourth-order valence-corrected chi connectivity index (χ4v) is 5.92.